The van der Waals surface area contributed by atoms with Crippen molar-refractivity contribution in [2.75, 3.05) is 0 Å². The molecule has 1 saturated carbocycles. The minimum atomic E-state index is -0.690. The Morgan fingerprint density at radius 1 is 0.811 bits per heavy atom. The molecule has 0 aromatic heterocycles. The number of nitrogens with zero attached hydrogens (tertiary/aromatic N) is 1. The fourth-order valence-electron chi connectivity index (χ4n) is 5.31. The van der Waals surface area contributed by atoms with Gasteiger partial charge in [0.25, 0.3) is 11.8 Å². The highest BCUT2D eigenvalue weighted by atomic mass is 16.2. The molecule has 1 aliphatic carbocycles. The third-order valence-electron chi connectivity index (χ3n) is 7.08. The second kappa shape index (κ2) is 10.8. The van der Waals surface area contributed by atoms with Gasteiger partial charge in [-0.15, -0.1) is 0 Å². The van der Waals surface area contributed by atoms with Crippen molar-refractivity contribution in [3.63, 3.8) is 0 Å². The third-order valence-corrected chi connectivity index (χ3v) is 7.08. The molecule has 0 bridgehead atoms. The van der Waals surface area contributed by atoms with E-state index >= 15 is 0 Å². The van der Waals surface area contributed by atoms with E-state index < -0.39 is 11.5 Å². The Morgan fingerprint density at radius 2 is 1.27 bits per heavy atom. The molecule has 3 rings (SSSR count). The zero-order valence-corrected chi connectivity index (χ0v) is 25.1. The van der Waals surface area contributed by atoms with E-state index in [1.165, 1.54) is 4.90 Å². The van der Waals surface area contributed by atoms with Crippen LogP contribution in [-0.2, 0) is 9.59 Å². The van der Waals surface area contributed by atoms with Crippen molar-refractivity contribution >= 4 is 23.4 Å². The highest BCUT2D eigenvalue weighted by Gasteiger charge is 2.54. The number of carbonyl (C=O) groups is 4. The first-order chi connectivity index (χ1) is 16.7. The lowest BCUT2D eigenvalue weighted by molar-refractivity contribution is -0.133. The first-order valence-corrected chi connectivity index (χ1v) is 13.8. The van der Waals surface area contributed by atoms with Gasteiger partial charge in [-0.25, -0.2) is 0 Å². The Balaban J connectivity index is 0.000000294. The maximum absolute atomic E-state index is 12.9. The van der Waals surface area contributed by atoms with Crippen molar-refractivity contribution in [2.45, 2.75) is 114 Å². The smallest absolute Gasteiger partial charge is 0.262 e. The number of ketones is 2. The molecule has 1 unspecified atom stereocenters. The van der Waals surface area contributed by atoms with E-state index in [0.29, 0.717) is 29.2 Å². The van der Waals surface area contributed by atoms with Crippen LogP contribution in [-0.4, -0.2) is 34.3 Å². The van der Waals surface area contributed by atoms with Crippen molar-refractivity contribution in [1.82, 2.24) is 4.90 Å². The van der Waals surface area contributed by atoms with Gasteiger partial charge < -0.3 is 0 Å². The van der Waals surface area contributed by atoms with E-state index in [1.807, 2.05) is 41.5 Å². The lowest BCUT2D eigenvalue weighted by atomic mass is 9.73. The van der Waals surface area contributed by atoms with E-state index in [4.69, 9.17) is 0 Å². The number of rotatable bonds is 7. The minimum absolute atomic E-state index is 0.0382. The fourth-order valence-corrected chi connectivity index (χ4v) is 5.31. The number of hydrogen-bond acceptors (Lipinski definition) is 4. The summed E-state index contributed by atoms with van der Waals surface area (Å²) in [6.45, 7) is 22.4. The number of imide groups is 1. The van der Waals surface area contributed by atoms with Crippen LogP contribution in [0.25, 0.3) is 0 Å². The van der Waals surface area contributed by atoms with Gasteiger partial charge in [0.15, 0.2) is 5.78 Å². The molecule has 1 aliphatic heterocycles. The molecular formula is C32H49NO4. The van der Waals surface area contributed by atoms with E-state index in [0.717, 1.165) is 25.7 Å². The van der Waals surface area contributed by atoms with E-state index in [1.54, 1.807) is 24.3 Å². The summed E-state index contributed by atoms with van der Waals surface area (Å²) in [5.74, 6) is 0.113. The van der Waals surface area contributed by atoms with Crippen LogP contribution in [0.3, 0.4) is 0 Å². The van der Waals surface area contributed by atoms with Gasteiger partial charge in [0.2, 0.25) is 0 Å². The summed E-state index contributed by atoms with van der Waals surface area (Å²) in [5.41, 5.74) is 0.342. The molecule has 0 N–H and O–H groups in total. The van der Waals surface area contributed by atoms with Gasteiger partial charge in [-0.2, -0.15) is 0 Å². The molecule has 5 heteroatoms. The largest absolute Gasteiger partial charge is 0.298 e. The van der Waals surface area contributed by atoms with Crippen LogP contribution in [0.2, 0.25) is 0 Å². The SMILES string of the molecule is CC(C)(C)CC1(C(=O)C(C)(C)C)CC1.CC(C)CCC(C(=O)C(C)(C)C)N1C(=O)c2ccccc2C1=O. The second-order valence-electron chi connectivity index (χ2n) is 14.7. The van der Waals surface area contributed by atoms with Crippen LogP contribution in [0.15, 0.2) is 24.3 Å². The van der Waals surface area contributed by atoms with Gasteiger partial charge in [0, 0.05) is 16.2 Å². The number of amides is 2. The van der Waals surface area contributed by atoms with Crippen LogP contribution in [0.1, 0.15) is 129 Å². The summed E-state index contributed by atoms with van der Waals surface area (Å²) in [7, 11) is 0. The van der Waals surface area contributed by atoms with E-state index in [9.17, 15) is 19.2 Å². The van der Waals surface area contributed by atoms with Gasteiger partial charge in [0.1, 0.15) is 5.78 Å². The molecule has 0 saturated heterocycles. The van der Waals surface area contributed by atoms with Crippen molar-refractivity contribution < 1.29 is 19.2 Å². The van der Waals surface area contributed by atoms with E-state index in [-0.39, 0.29) is 33.8 Å². The lowest BCUT2D eigenvalue weighted by Crippen LogP contribution is -2.48. The van der Waals surface area contributed by atoms with Crippen molar-refractivity contribution in [1.29, 1.82) is 0 Å². The quantitative estimate of drug-likeness (QED) is 0.355. The summed E-state index contributed by atoms with van der Waals surface area (Å²) < 4.78 is 0. The first-order valence-electron chi connectivity index (χ1n) is 13.8. The summed E-state index contributed by atoms with van der Waals surface area (Å²) in [4.78, 5) is 51.6. The number of carbonyl (C=O) groups excluding carboxylic acids is 4. The molecular weight excluding hydrogens is 462 g/mol. The molecule has 2 amide bonds. The standard InChI is InChI=1S/C19H25NO3.C13H24O/c1-12(2)10-11-15(16(21)19(3,4)5)20-17(22)13-8-6-7-9-14(13)18(20)23;1-11(2,3)9-13(7-8-13)10(14)12(4,5)6/h6-9,12,15H,10-11H2,1-5H3;7-9H2,1-6H3. The van der Waals surface area contributed by atoms with Gasteiger partial charge in [0.05, 0.1) is 17.2 Å². The predicted molar refractivity (Wildman–Crippen MR) is 149 cm³/mol. The maximum atomic E-state index is 12.9. The average Bonchev–Trinajstić information content (AvgIpc) is 3.47. The summed E-state index contributed by atoms with van der Waals surface area (Å²) in [6.07, 6.45) is 4.58. The molecule has 1 aromatic rings. The van der Waals surface area contributed by atoms with Gasteiger partial charge in [-0.3, -0.25) is 24.1 Å². The van der Waals surface area contributed by atoms with Crippen molar-refractivity contribution in [2.24, 2.45) is 27.6 Å². The molecule has 0 spiro atoms. The summed E-state index contributed by atoms with van der Waals surface area (Å²) in [5, 5.41) is 0. The zero-order chi connectivity index (χ0) is 28.6. The first kappa shape index (κ1) is 30.9. The van der Waals surface area contributed by atoms with Gasteiger partial charge in [-0.1, -0.05) is 88.3 Å². The highest BCUT2D eigenvalue weighted by Crippen LogP contribution is 2.56. The molecule has 2 aliphatic rings. The average molecular weight is 512 g/mol. The Bertz CT molecular complexity index is 991. The minimum Gasteiger partial charge on any atom is -0.298 e. The Hall–Kier alpha value is -2.30. The normalized spacial score (nSPS) is 17.8. The molecule has 1 aromatic carbocycles. The van der Waals surface area contributed by atoms with Gasteiger partial charge >= 0.3 is 0 Å². The molecule has 1 fully saturated rings. The Labute approximate surface area is 224 Å². The molecule has 206 valence electrons. The monoisotopic (exact) mass is 511 g/mol. The molecule has 1 atom stereocenters. The molecule has 1 heterocycles. The molecule has 5 nitrogen and oxygen atoms in total. The Kier molecular flexibility index (Phi) is 9.05. The number of hydrogen-bond donors (Lipinski definition) is 0. The third kappa shape index (κ3) is 7.61. The van der Waals surface area contributed by atoms with Gasteiger partial charge in [-0.05, 0) is 55.6 Å². The highest BCUT2D eigenvalue weighted by molar-refractivity contribution is 6.23. The predicted octanol–water partition coefficient (Wildman–Crippen LogP) is 7.52. The van der Waals surface area contributed by atoms with Crippen LogP contribution in [0.4, 0.5) is 0 Å². The Morgan fingerprint density at radius 3 is 1.59 bits per heavy atom. The van der Waals surface area contributed by atoms with E-state index in [2.05, 4.69) is 34.6 Å². The van der Waals surface area contributed by atoms with Crippen LogP contribution in [0.5, 0.6) is 0 Å². The second-order valence-corrected chi connectivity index (χ2v) is 14.7. The van der Waals surface area contributed by atoms with Crippen molar-refractivity contribution in [3.05, 3.63) is 35.4 Å². The summed E-state index contributed by atoms with van der Waals surface area (Å²) >= 11 is 0. The van der Waals surface area contributed by atoms with Crippen LogP contribution >= 0.6 is 0 Å². The summed E-state index contributed by atoms with van der Waals surface area (Å²) in [6, 6.07) is 6.09. The lowest BCUT2D eigenvalue weighted by Gasteiger charge is -2.31. The zero-order valence-electron chi connectivity index (χ0n) is 25.1. The van der Waals surface area contributed by atoms with Crippen molar-refractivity contribution in [3.8, 4) is 0 Å². The molecule has 37 heavy (non-hydrogen) atoms. The van der Waals surface area contributed by atoms with Crippen LogP contribution < -0.4 is 0 Å². The van der Waals surface area contributed by atoms with Crippen LogP contribution in [0, 0.1) is 27.6 Å². The number of Topliss-reactive ketones (excluding diaryl/α,β-unsaturated/α-hetero) is 2. The number of fused-ring (bicyclic) bond motifs is 1. The fraction of sp³-hybridized carbons (Fsp3) is 0.688. The maximum Gasteiger partial charge on any atom is 0.262 e. The number of benzene rings is 1. The topological polar surface area (TPSA) is 71.5 Å². The molecule has 0 radical (unpaired) electrons.